The first kappa shape index (κ1) is 6.70. The lowest BCUT2D eigenvalue weighted by atomic mass is 11.0. The molecule has 3 nitrogen and oxygen atoms in total. The number of nitrogens with zero attached hydrogens (tertiary/aromatic N) is 1. The fraction of sp³-hybridized carbons (Fsp3) is 0.250. The van der Waals surface area contributed by atoms with Crippen molar-refractivity contribution < 1.29 is 4.21 Å². The summed E-state index contributed by atoms with van der Waals surface area (Å²) in [6, 6.07) is 0. The number of nitrogens with one attached hydrogen (secondary N) is 1. The van der Waals surface area contributed by atoms with Gasteiger partial charge >= 0.3 is 0 Å². The van der Waals surface area contributed by atoms with Crippen LogP contribution in [-0.4, -0.2) is 15.4 Å². The maximum absolute atomic E-state index is 10.9. The summed E-state index contributed by atoms with van der Waals surface area (Å²) in [7, 11) is -2.55. The molecule has 0 amide bonds. The third-order valence-electron chi connectivity index (χ3n) is 0.743. The van der Waals surface area contributed by atoms with Crippen LogP contribution in [-0.2, 0) is 9.73 Å². The normalized spacial score (nSPS) is 17.0. The van der Waals surface area contributed by atoms with Gasteiger partial charge in [0.15, 0.2) is 4.34 Å². The third-order valence-corrected chi connectivity index (χ3v) is 3.32. The summed E-state index contributed by atoms with van der Waals surface area (Å²) < 4.78 is 18.3. The standard InChI is InChI=1S/C4H6N2OS2/c1-9(5,7)4-6-2-3-8-4/h2-3,5H,1H3/t9-/m0/s1. The van der Waals surface area contributed by atoms with Gasteiger partial charge in [-0.2, -0.15) is 0 Å². The molecular formula is C4H6N2OS2. The van der Waals surface area contributed by atoms with Gasteiger partial charge in [0, 0.05) is 17.8 Å². The van der Waals surface area contributed by atoms with Gasteiger partial charge in [-0.3, -0.25) is 0 Å². The quantitative estimate of drug-likeness (QED) is 0.674. The van der Waals surface area contributed by atoms with Gasteiger partial charge in [-0.25, -0.2) is 14.0 Å². The van der Waals surface area contributed by atoms with Crippen LogP contribution >= 0.6 is 11.3 Å². The molecule has 0 aliphatic heterocycles. The molecule has 0 radical (unpaired) electrons. The molecule has 1 atom stereocenters. The molecule has 50 valence electrons. The highest BCUT2D eigenvalue weighted by Crippen LogP contribution is 2.10. The van der Waals surface area contributed by atoms with Crippen molar-refractivity contribution in [2.45, 2.75) is 4.34 Å². The molecule has 0 aromatic carbocycles. The van der Waals surface area contributed by atoms with E-state index in [1.807, 2.05) is 0 Å². The zero-order valence-corrected chi connectivity index (χ0v) is 6.46. The Kier molecular flexibility index (Phi) is 1.54. The van der Waals surface area contributed by atoms with Gasteiger partial charge in [0.25, 0.3) is 0 Å². The van der Waals surface area contributed by atoms with Gasteiger partial charge in [0.05, 0.1) is 9.73 Å². The predicted molar refractivity (Wildman–Crippen MR) is 37.2 cm³/mol. The van der Waals surface area contributed by atoms with Crippen LogP contribution in [0.1, 0.15) is 0 Å². The van der Waals surface area contributed by atoms with Crippen LogP contribution in [0.4, 0.5) is 0 Å². The Morgan fingerprint density at radius 3 is 2.78 bits per heavy atom. The Hall–Kier alpha value is -0.420. The van der Waals surface area contributed by atoms with E-state index >= 15 is 0 Å². The Labute approximate surface area is 57.7 Å². The zero-order valence-electron chi connectivity index (χ0n) is 4.83. The second-order valence-corrected chi connectivity index (χ2v) is 4.87. The Balaban J connectivity index is 3.20. The van der Waals surface area contributed by atoms with E-state index in [0.29, 0.717) is 4.34 Å². The van der Waals surface area contributed by atoms with Crippen LogP contribution in [0.5, 0.6) is 0 Å². The van der Waals surface area contributed by atoms with E-state index in [-0.39, 0.29) is 0 Å². The molecule has 0 unspecified atom stereocenters. The topological polar surface area (TPSA) is 53.8 Å². The lowest BCUT2D eigenvalue weighted by Crippen LogP contribution is -1.91. The maximum Gasteiger partial charge on any atom is 0.188 e. The highest BCUT2D eigenvalue weighted by molar-refractivity contribution is 7.93. The molecule has 5 heteroatoms. The van der Waals surface area contributed by atoms with Crippen molar-refractivity contribution in [2.75, 3.05) is 6.26 Å². The Morgan fingerprint density at radius 1 is 1.89 bits per heavy atom. The number of hydrogen-bond acceptors (Lipinski definition) is 4. The van der Waals surface area contributed by atoms with E-state index in [0.717, 1.165) is 0 Å². The van der Waals surface area contributed by atoms with E-state index < -0.39 is 9.73 Å². The van der Waals surface area contributed by atoms with Gasteiger partial charge in [-0.05, 0) is 0 Å². The van der Waals surface area contributed by atoms with Crippen molar-refractivity contribution in [3.63, 3.8) is 0 Å². The predicted octanol–water partition coefficient (Wildman–Crippen LogP) is 1.18. The largest absolute Gasteiger partial charge is 0.247 e. The molecule has 0 aliphatic carbocycles. The maximum atomic E-state index is 10.9. The van der Waals surface area contributed by atoms with E-state index in [9.17, 15) is 4.21 Å². The molecule has 0 saturated carbocycles. The molecule has 1 aromatic heterocycles. The molecular weight excluding hydrogens is 156 g/mol. The van der Waals surface area contributed by atoms with Crippen LogP contribution < -0.4 is 0 Å². The zero-order chi connectivity index (χ0) is 6.91. The number of hydrogen-bond donors (Lipinski definition) is 1. The van der Waals surface area contributed by atoms with Crippen molar-refractivity contribution in [1.82, 2.24) is 4.98 Å². The minimum atomic E-state index is -2.55. The van der Waals surface area contributed by atoms with Crippen molar-refractivity contribution in [3.8, 4) is 0 Å². The molecule has 1 rings (SSSR count). The molecule has 0 bridgehead atoms. The van der Waals surface area contributed by atoms with Crippen LogP contribution in [0.15, 0.2) is 15.9 Å². The molecule has 9 heavy (non-hydrogen) atoms. The van der Waals surface area contributed by atoms with Crippen LogP contribution in [0, 0.1) is 4.78 Å². The fourth-order valence-electron chi connectivity index (χ4n) is 0.403. The summed E-state index contributed by atoms with van der Waals surface area (Å²) in [6.45, 7) is 0. The van der Waals surface area contributed by atoms with Crippen molar-refractivity contribution in [3.05, 3.63) is 11.6 Å². The van der Waals surface area contributed by atoms with Crippen molar-refractivity contribution in [1.29, 1.82) is 4.78 Å². The Bertz CT molecular complexity index is 274. The van der Waals surface area contributed by atoms with Gasteiger partial charge in [0.2, 0.25) is 0 Å². The molecule has 0 aliphatic rings. The van der Waals surface area contributed by atoms with Crippen LogP contribution in [0.25, 0.3) is 0 Å². The lowest BCUT2D eigenvalue weighted by molar-refractivity contribution is 0.678. The number of rotatable bonds is 1. The highest BCUT2D eigenvalue weighted by atomic mass is 32.2. The first-order valence-electron chi connectivity index (χ1n) is 2.24. The minimum absolute atomic E-state index is 0.405. The SMILES string of the molecule is C[S@](=N)(=O)c1nccs1. The van der Waals surface area contributed by atoms with Crippen molar-refractivity contribution in [2.24, 2.45) is 0 Å². The van der Waals surface area contributed by atoms with E-state index in [4.69, 9.17) is 4.78 Å². The first-order valence-corrected chi connectivity index (χ1v) is 5.08. The molecule has 0 fully saturated rings. The first-order chi connectivity index (χ1) is 4.11. The molecule has 1 heterocycles. The monoisotopic (exact) mass is 162 g/mol. The average molecular weight is 162 g/mol. The van der Waals surface area contributed by atoms with E-state index in [1.54, 1.807) is 11.6 Å². The van der Waals surface area contributed by atoms with Crippen LogP contribution in [0.3, 0.4) is 0 Å². The van der Waals surface area contributed by atoms with E-state index in [2.05, 4.69) is 4.98 Å². The van der Waals surface area contributed by atoms with E-state index in [1.165, 1.54) is 17.6 Å². The number of aromatic nitrogens is 1. The van der Waals surface area contributed by atoms with Gasteiger partial charge in [-0.1, -0.05) is 0 Å². The summed E-state index contributed by atoms with van der Waals surface area (Å²) >= 11 is 1.26. The lowest BCUT2D eigenvalue weighted by Gasteiger charge is -1.89. The fourth-order valence-corrected chi connectivity index (χ4v) is 1.93. The third kappa shape index (κ3) is 1.49. The van der Waals surface area contributed by atoms with Crippen LogP contribution in [0.2, 0.25) is 0 Å². The molecule has 1 N–H and O–H groups in total. The smallest absolute Gasteiger partial charge is 0.188 e. The average Bonchev–Trinajstić information content (AvgIpc) is 2.08. The number of thiazole rings is 1. The van der Waals surface area contributed by atoms with Crippen molar-refractivity contribution >= 4 is 21.1 Å². The summed E-state index contributed by atoms with van der Waals surface area (Å²) in [5, 5.41) is 1.72. The second-order valence-electron chi connectivity index (χ2n) is 1.64. The minimum Gasteiger partial charge on any atom is -0.247 e. The van der Waals surface area contributed by atoms with Gasteiger partial charge in [0.1, 0.15) is 0 Å². The highest BCUT2D eigenvalue weighted by Gasteiger charge is 2.03. The van der Waals surface area contributed by atoms with Gasteiger partial charge < -0.3 is 0 Å². The molecule has 1 aromatic rings. The molecule has 0 spiro atoms. The van der Waals surface area contributed by atoms with Gasteiger partial charge in [-0.15, -0.1) is 11.3 Å². The summed E-state index contributed by atoms with van der Waals surface area (Å²) in [4.78, 5) is 3.74. The summed E-state index contributed by atoms with van der Waals surface area (Å²) in [6.07, 6.45) is 2.92. The summed E-state index contributed by atoms with van der Waals surface area (Å²) in [5.74, 6) is 0. The summed E-state index contributed by atoms with van der Waals surface area (Å²) in [5.41, 5.74) is 0. The molecule has 0 saturated heterocycles. The second kappa shape index (κ2) is 2.07. The Morgan fingerprint density at radius 2 is 2.56 bits per heavy atom.